The minimum Gasteiger partial charge on any atom is -0.469 e. The van der Waals surface area contributed by atoms with Crippen LogP contribution in [0.2, 0.25) is 0 Å². The predicted octanol–water partition coefficient (Wildman–Crippen LogP) is 2.06. The summed E-state index contributed by atoms with van der Waals surface area (Å²) in [6.45, 7) is 3.27. The first-order valence-electron chi connectivity index (χ1n) is 6.59. The number of ether oxygens (including phenoxy) is 1. The van der Waals surface area contributed by atoms with E-state index in [1.165, 1.54) is 52.3 Å². The van der Waals surface area contributed by atoms with Gasteiger partial charge in [-0.25, -0.2) is 0 Å². The Kier molecular flexibility index (Phi) is 4.22. The molecule has 1 saturated carbocycles. The van der Waals surface area contributed by atoms with Crippen LogP contribution in [0, 0.1) is 11.8 Å². The molecule has 3 nitrogen and oxygen atoms in total. The Balaban J connectivity index is 1.74. The van der Waals surface area contributed by atoms with Crippen molar-refractivity contribution < 1.29 is 9.53 Å². The van der Waals surface area contributed by atoms with E-state index in [9.17, 15) is 4.79 Å². The van der Waals surface area contributed by atoms with Gasteiger partial charge in [-0.15, -0.1) is 0 Å². The number of carbonyl (C=O) groups is 1. The lowest BCUT2D eigenvalue weighted by molar-refractivity contribution is -0.141. The van der Waals surface area contributed by atoms with Crippen molar-refractivity contribution in [3.05, 3.63) is 0 Å². The Morgan fingerprint density at radius 2 is 2.00 bits per heavy atom. The van der Waals surface area contributed by atoms with Gasteiger partial charge in [0.25, 0.3) is 0 Å². The van der Waals surface area contributed by atoms with Crippen LogP contribution in [-0.4, -0.2) is 37.6 Å². The van der Waals surface area contributed by atoms with Crippen LogP contribution in [0.25, 0.3) is 0 Å². The highest BCUT2D eigenvalue weighted by atomic mass is 16.5. The molecule has 0 radical (unpaired) electrons. The number of hydrogen-bond donors (Lipinski definition) is 0. The summed E-state index contributed by atoms with van der Waals surface area (Å²) in [7, 11) is 1.47. The second-order valence-corrected chi connectivity index (χ2v) is 5.22. The van der Waals surface area contributed by atoms with Crippen molar-refractivity contribution in [2.75, 3.05) is 26.7 Å². The highest BCUT2D eigenvalue weighted by Crippen LogP contribution is 2.35. The van der Waals surface area contributed by atoms with E-state index < -0.39 is 0 Å². The van der Waals surface area contributed by atoms with Gasteiger partial charge in [0.05, 0.1) is 13.5 Å². The van der Waals surface area contributed by atoms with E-state index in [1.807, 2.05) is 0 Å². The third-order valence-corrected chi connectivity index (χ3v) is 4.24. The maximum absolute atomic E-state index is 11.1. The van der Waals surface area contributed by atoms with Gasteiger partial charge in [0.2, 0.25) is 0 Å². The van der Waals surface area contributed by atoms with Crippen LogP contribution in [0.4, 0.5) is 0 Å². The first kappa shape index (κ1) is 11.9. The largest absolute Gasteiger partial charge is 0.469 e. The minimum absolute atomic E-state index is 0.0780. The van der Waals surface area contributed by atoms with Gasteiger partial charge in [0.15, 0.2) is 0 Å². The van der Waals surface area contributed by atoms with Crippen molar-refractivity contribution in [3.8, 4) is 0 Å². The Labute approximate surface area is 98.1 Å². The Morgan fingerprint density at radius 1 is 1.25 bits per heavy atom. The van der Waals surface area contributed by atoms with Crippen LogP contribution in [0.1, 0.15) is 38.5 Å². The molecule has 1 aliphatic carbocycles. The van der Waals surface area contributed by atoms with Crippen molar-refractivity contribution in [1.29, 1.82) is 0 Å². The van der Waals surface area contributed by atoms with E-state index in [0.717, 1.165) is 18.4 Å². The third kappa shape index (κ3) is 2.97. The molecule has 92 valence electrons. The predicted molar refractivity (Wildman–Crippen MR) is 63.1 cm³/mol. The van der Waals surface area contributed by atoms with Gasteiger partial charge in [-0.2, -0.15) is 0 Å². The van der Waals surface area contributed by atoms with Crippen LogP contribution < -0.4 is 0 Å². The summed E-state index contributed by atoms with van der Waals surface area (Å²) < 4.78 is 4.68. The van der Waals surface area contributed by atoms with Gasteiger partial charge in [-0.1, -0.05) is 19.3 Å². The number of likely N-dealkylation sites (tertiary alicyclic amines) is 1. The molecule has 0 amide bonds. The molecule has 0 N–H and O–H groups in total. The molecule has 0 aromatic rings. The van der Waals surface area contributed by atoms with Crippen LogP contribution in [0.3, 0.4) is 0 Å². The summed E-state index contributed by atoms with van der Waals surface area (Å²) in [4.78, 5) is 13.5. The Morgan fingerprint density at radius 3 is 2.75 bits per heavy atom. The number of fused-ring (bicyclic) bond motifs is 1. The molecular weight excluding hydrogens is 202 g/mol. The van der Waals surface area contributed by atoms with Crippen molar-refractivity contribution in [1.82, 2.24) is 4.90 Å². The van der Waals surface area contributed by atoms with E-state index in [0.29, 0.717) is 6.42 Å². The zero-order chi connectivity index (χ0) is 11.4. The number of piperidine rings is 1. The number of esters is 1. The SMILES string of the molecule is COC(=O)CCN1CCC2CCCCC2C1. The third-order valence-electron chi connectivity index (χ3n) is 4.24. The Bertz CT molecular complexity index is 242. The molecule has 2 fully saturated rings. The maximum Gasteiger partial charge on any atom is 0.306 e. The van der Waals surface area contributed by atoms with Crippen molar-refractivity contribution in [2.24, 2.45) is 11.8 Å². The molecule has 1 saturated heterocycles. The molecule has 3 heteroatoms. The average molecular weight is 225 g/mol. The van der Waals surface area contributed by atoms with Gasteiger partial charge >= 0.3 is 5.97 Å². The van der Waals surface area contributed by atoms with Crippen LogP contribution >= 0.6 is 0 Å². The summed E-state index contributed by atoms with van der Waals surface area (Å²) in [5.41, 5.74) is 0. The van der Waals surface area contributed by atoms with Gasteiger partial charge in [0, 0.05) is 13.1 Å². The minimum atomic E-state index is -0.0780. The fraction of sp³-hybridized carbons (Fsp3) is 0.923. The van der Waals surface area contributed by atoms with Crippen molar-refractivity contribution >= 4 is 5.97 Å². The van der Waals surface area contributed by atoms with E-state index >= 15 is 0 Å². The van der Waals surface area contributed by atoms with Gasteiger partial charge in [-0.3, -0.25) is 4.79 Å². The fourth-order valence-corrected chi connectivity index (χ4v) is 3.23. The topological polar surface area (TPSA) is 29.5 Å². The number of carbonyl (C=O) groups excluding carboxylic acids is 1. The van der Waals surface area contributed by atoms with Gasteiger partial charge in [-0.05, 0) is 31.2 Å². The van der Waals surface area contributed by atoms with Crippen molar-refractivity contribution in [2.45, 2.75) is 38.5 Å². The molecule has 0 bridgehead atoms. The van der Waals surface area contributed by atoms with Crippen LogP contribution in [-0.2, 0) is 9.53 Å². The lowest BCUT2D eigenvalue weighted by atomic mass is 9.75. The zero-order valence-electron chi connectivity index (χ0n) is 10.3. The molecular formula is C13H23NO2. The average Bonchev–Trinajstić information content (AvgIpc) is 2.35. The normalized spacial score (nSPS) is 30.8. The number of methoxy groups -OCH3 is 1. The van der Waals surface area contributed by atoms with E-state index in [2.05, 4.69) is 9.64 Å². The van der Waals surface area contributed by atoms with E-state index in [4.69, 9.17) is 0 Å². The Hall–Kier alpha value is -0.570. The van der Waals surface area contributed by atoms with Gasteiger partial charge in [0.1, 0.15) is 0 Å². The monoisotopic (exact) mass is 225 g/mol. The van der Waals surface area contributed by atoms with Crippen molar-refractivity contribution in [3.63, 3.8) is 0 Å². The maximum atomic E-state index is 11.1. The lowest BCUT2D eigenvalue weighted by Crippen LogP contribution is -2.42. The zero-order valence-corrected chi connectivity index (χ0v) is 10.3. The second kappa shape index (κ2) is 5.67. The smallest absolute Gasteiger partial charge is 0.306 e. The molecule has 0 spiro atoms. The summed E-state index contributed by atoms with van der Waals surface area (Å²) >= 11 is 0. The number of rotatable bonds is 3. The van der Waals surface area contributed by atoms with Crippen LogP contribution in [0.15, 0.2) is 0 Å². The second-order valence-electron chi connectivity index (χ2n) is 5.22. The lowest BCUT2D eigenvalue weighted by Gasteiger charge is -2.41. The number of hydrogen-bond acceptors (Lipinski definition) is 3. The van der Waals surface area contributed by atoms with E-state index in [1.54, 1.807) is 0 Å². The summed E-state index contributed by atoms with van der Waals surface area (Å²) in [5, 5.41) is 0. The molecule has 2 unspecified atom stereocenters. The summed E-state index contributed by atoms with van der Waals surface area (Å²) in [6.07, 6.45) is 7.57. The molecule has 0 aromatic carbocycles. The quantitative estimate of drug-likeness (QED) is 0.689. The first-order valence-corrected chi connectivity index (χ1v) is 6.59. The first-order chi connectivity index (χ1) is 7.79. The van der Waals surface area contributed by atoms with E-state index in [-0.39, 0.29) is 5.97 Å². The highest BCUT2D eigenvalue weighted by molar-refractivity contribution is 5.69. The molecule has 1 heterocycles. The molecule has 2 rings (SSSR count). The summed E-state index contributed by atoms with van der Waals surface area (Å²) in [6, 6.07) is 0. The van der Waals surface area contributed by atoms with Gasteiger partial charge < -0.3 is 9.64 Å². The molecule has 0 aromatic heterocycles. The summed E-state index contributed by atoms with van der Waals surface area (Å²) in [5.74, 6) is 1.80. The van der Waals surface area contributed by atoms with Crippen LogP contribution in [0.5, 0.6) is 0 Å². The highest BCUT2D eigenvalue weighted by Gasteiger charge is 2.30. The molecule has 2 aliphatic rings. The number of nitrogens with zero attached hydrogens (tertiary/aromatic N) is 1. The molecule has 1 aliphatic heterocycles. The fourth-order valence-electron chi connectivity index (χ4n) is 3.23. The standard InChI is InChI=1S/C13H23NO2/c1-16-13(15)7-9-14-8-6-11-4-2-3-5-12(11)10-14/h11-12H,2-10H2,1H3. The molecule has 16 heavy (non-hydrogen) atoms. The molecule has 2 atom stereocenters.